The molecule has 0 fully saturated rings. The van der Waals surface area contributed by atoms with Crippen LogP contribution in [0.2, 0.25) is 0 Å². The molecule has 1 unspecified atom stereocenters. The van der Waals surface area contributed by atoms with E-state index >= 15 is 0 Å². The lowest BCUT2D eigenvalue weighted by molar-refractivity contribution is 0.174. The van der Waals surface area contributed by atoms with Gasteiger partial charge in [-0.1, -0.05) is 84.0 Å². The Morgan fingerprint density at radius 3 is 2.19 bits per heavy atom. The molecule has 0 aromatic heterocycles. The average molecular weight is 637 g/mol. The molecule has 0 saturated heterocycles. The van der Waals surface area contributed by atoms with E-state index in [1.54, 1.807) is 0 Å². The Morgan fingerprint density at radius 1 is 0.708 bits per heavy atom. The van der Waals surface area contributed by atoms with Gasteiger partial charge in [0, 0.05) is 17.1 Å². The van der Waals surface area contributed by atoms with E-state index in [1.807, 2.05) is 12.1 Å². The molecule has 0 N–H and O–H groups in total. The van der Waals surface area contributed by atoms with Crippen LogP contribution in [0.25, 0.3) is 0 Å². The van der Waals surface area contributed by atoms with Crippen molar-refractivity contribution < 1.29 is 18.9 Å². The number of nitrogens with zero attached hydrogens (tertiary/aromatic N) is 2. The molecule has 1 atom stereocenters. The zero-order valence-corrected chi connectivity index (χ0v) is 28.8. The summed E-state index contributed by atoms with van der Waals surface area (Å²) >= 11 is 0. The van der Waals surface area contributed by atoms with E-state index in [0.717, 1.165) is 46.5 Å². The van der Waals surface area contributed by atoms with Crippen LogP contribution in [0.3, 0.4) is 0 Å². The van der Waals surface area contributed by atoms with E-state index < -0.39 is 0 Å². The van der Waals surface area contributed by atoms with Crippen molar-refractivity contribution in [3.8, 4) is 23.0 Å². The highest BCUT2D eigenvalue weighted by molar-refractivity contribution is 7.00. The van der Waals surface area contributed by atoms with Crippen LogP contribution < -0.4 is 45.1 Å². The van der Waals surface area contributed by atoms with E-state index in [1.165, 1.54) is 44.5 Å². The third-order valence-electron chi connectivity index (χ3n) is 10.5. The summed E-state index contributed by atoms with van der Waals surface area (Å²) < 4.78 is 24.4. The van der Waals surface area contributed by atoms with Gasteiger partial charge in [0.1, 0.15) is 0 Å². The summed E-state index contributed by atoms with van der Waals surface area (Å²) in [5.74, 6) is 3.02. The van der Waals surface area contributed by atoms with Crippen molar-refractivity contribution in [1.82, 2.24) is 0 Å². The summed E-state index contributed by atoms with van der Waals surface area (Å²) in [6, 6.07) is 22.5. The summed E-state index contributed by atoms with van der Waals surface area (Å²) in [7, 11) is 0. The topological polar surface area (TPSA) is 43.4 Å². The van der Waals surface area contributed by atoms with Gasteiger partial charge >= 0.3 is 0 Å². The number of hydrogen-bond acceptors (Lipinski definition) is 6. The highest BCUT2D eigenvalue weighted by Gasteiger charge is 2.47. The molecule has 4 heterocycles. The number of aryl methyl sites for hydroxylation is 1. The molecule has 0 radical (unpaired) electrons. The normalized spacial score (nSPS) is 18.4. The van der Waals surface area contributed by atoms with Crippen LogP contribution in [0.1, 0.15) is 59.1 Å². The molecule has 6 nitrogen and oxygen atoms in total. The first-order chi connectivity index (χ1) is 23.0. The number of allylic oxidation sites excluding steroid dienone is 2. The summed E-state index contributed by atoms with van der Waals surface area (Å²) in [5, 5.41) is 0. The van der Waals surface area contributed by atoms with Gasteiger partial charge in [0.05, 0.1) is 17.4 Å². The summed E-state index contributed by atoms with van der Waals surface area (Å²) in [6.07, 6.45) is 8.14. The molecule has 242 valence electrons. The molecule has 1 aliphatic carbocycles. The Morgan fingerprint density at radius 2 is 1.46 bits per heavy atom. The predicted molar refractivity (Wildman–Crippen MR) is 195 cm³/mol. The Bertz CT molecular complexity index is 2090. The van der Waals surface area contributed by atoms with Gasteiger partial charge in [0.25, 0.3) is 6.71 Å². The summed E-state index contributed by atoms with van der Waals surface area (Å²) in [6.45, 7) is 16.4. The molecule has 0 bridgehead atoms. The SMILES string of the molecule is Cc1cc2c3c(c1)N(C1C=CC(C(C)(C)C)=CC1)c1ccc(C(C)(C)C)cc1B3c1ccc3c(c1N2c1cccc2c1OCO2)OCO3. The van der Waals surface area contributed by atoms with Crippen molar-refractivity contribution in [1.29, 1.82) is 0 Å². The van der Waals surface area contributed by atoms with Gasteiger partial charge in [-0.3, -0.25) is 0 Å². The number of rotatable bonds is 2. The number of benzene rings is 4. The monoisotopic (exact) mass is 636 g/mol. The Balaban J connectivity index is 1.35. The molecular formula is C41H41BN2O4. The zero-order valence-electron chi connectivity index (χ0n) is 28.8. The second kappa shape index (κ2) is 10.1. The fourth-order valence-corrected chi connectivity index (χ4v) is 8.13. The predicted octanol–water partition coefficient (Wildman–Crippen LogP) is 7.80. The molecule has 0 spiro atoms. The molecule has 0 amide bonds. The third-order valence-corrected chi connectivity index (χ3v) is 10.5. The molecule has 9 rings (SSSR count). The van der Waals surface area contributed by atoms with E-state index in [4.69, 9.17) is 18.9 Å². The maximum Gasteiger partial charge on any atom is 0.252 e. The molecule has 4 aromatic rings. The lowest BCUT2D eigenvalue weighted by Crippen LogP contribution is -2.63. The minimum Gasteiger partial charge on any atom is -0.454 e. The van der Waals surface area contributed by atoms with Crippen LogP contribution in [0.15, 0.2) is 84.5 Å². The Kier molecular flexibility index (Phi) is 6.19. The van der Waals surface area contributed by atoms with E-state index in [-0.39, 0.29) is 37.2 Å². The molecule has 0 saturated carbocycles. The van der Waals surface area contributed by atoms with Gasteiger partial charge in [0.15, 0.2) is 23.0 Å². The molecule has 4 aromatic carbocycles. The smallest absolute Gasteiger partial charge is 0.252 e. The maximum absolute atomic E-state index is 6.31. The van der Waals surface area contributed by atoms with Crippen molar-refractivity contribution in [3.63, 3.8) is 0 Å². The van der Waals surface area contributed by atoms with Crippen LogP contribution in [0, 0.1) is 12.3 Å². The highest BCUT2D eigenvalue weighted by atomic mass is 16.7. The Labute approximate surface area is 283 Å². The second-order valence-corrected chi connectivity index (χ2v) is 15.7. The number of para-hydroxylation sites is 1. The van der Waals surface area contributed by atoms with Crippen LogP contribution >= 0.6 is 0 Å². The van der Waals surface area contributed by atoms with Gasteiger partial charge in [0.2, 0.25) is 13.6 Å². The number of hydrogen-bond donors (Lipinski definition) is 0. The quantitative estimate of drug-likeness (QED) is 0.184. The Hall–Kier alpha value is -4.78. The number of ether oxygens (including phenoxy) is 4. The van der Waals surface area contributed by atoms with E-state index in [9.17, 15) is 0 Å². The maximum atomic E-state index is 6.31. The van der Waals surface area contributed by atoms with E-state index in [0.29, 0.717) is 0 Å². The number of fused-ring (bicyclic) bond motifs is 7. The van der Waals surface area contributed by atoms with Crippen molar-refractivity contribution >= 4 is 51.5 Å². The van der Waals surface area contributed by atoms with Crippen molar-refractivity contribution in [2.45, 2.75) is 66.3 Å². The fraction of sp³-hybridized carbons (Fsp3) is 0.317. The third kappa shape index (κ3) is 4.25. The van der Waals surface area contributed by atoms with Gasteiger partial charge in [-0.05, 0) is 93.7 Å². The lowest BCUT2D eigenvalue weighted by Gasteiger charge is -2.47. The van der Waals surface area contributed by atoms with Crippen molar-refractivity contribution in [2.24, 2.45) is 5.41 Å². The van der Waals surface area contributed by atoms with Crippen LogP contribution in [0.5, 0.6) is 23.0 Å². The highest BCUT2D eigenvalue weighted by Crippen LogP contribution is 2.54. The van der Waals surface area contributed by atoms with Gasteiger partial charge in [-0.2, -0.15) is 0 Å². The second-order valence-electron chi connectivity index (χ2n) is 15.7. The summed E-state index contributed by atoms with van der Waals surface area (Å²) in [4.78, 5) is 4.94. The van der Waals surface area contributed by atoms with Crippen molar-refractivity contribution in [2.75, 3.05) is 23.4 Å². The van der Waals surface area contributed by atoms with Crippen molar-refractivity contribution in [3.05, 3.63) is 95.6 Å². The lowest BCUT2D eigenvalue weighted by atomic mass is 9.33. The van der Waals surface area contributed by atoms with E-state index in [2.05, 4.69) is 125 Å². The molecule has 48 heavy (non-hydrogen) atoms. The number of anilines is 5. The van der Waals surface area contributed by atoms with Gasteiger partial charge in [-0.15, -0.1) is 0 Å². The van der Waals surface area contributed by atoms with Crippen LogP contribution in [0.4, 0.5) is 28.4 Å². The van der Waals surface area contributed by atoms with Crippen LogP contribution in [-0.4, -0.2) is 26.3 Å². The standard InChI is InChI=1S/C41H41BN2O4/c1-24-19-32-36-33(20-24)44(31-9-8-10-34-38(31)47-22-45-34)37-28(16-18-35-39(37)48-23-46-35)42(36)29-21-26(41(5,6)7)13-17-30(29)43(32)27-14-11-25(12-15-27)40(2,3)4/h8-14,16-21,27H,15,22-23H2,1-7H3. The largest absolute Gasteiger partial charge is 0.454 e. The van der Waals surface area contributed by atoms with Gasteiger partial charge < -0.3 is 28.7 Å². The zero-order chi connectivity index (χ0) is 33.1. The fourth-order valence-electron chi connectivity index (χ4n) is 8.13. The first-order valence-corrected chi connectivity index (χ1v) is 17.1. The molecular weight excluding hydrogens is 595 g/mol. The summed E-state index contributed by atoms with van der Waals surface area (Å²) in [5.41, 5.74) is 13.3. The first-order valence-electron chi connectivity index (χ1n) is 17.1. The van der Waals surface area contributed by atoms with Crippen LogP contribution in [-0.2, 0) is 5.41 Å². The minimum absolute atomic E-state index is 0.00734. The average Bonchev–Trinajstić information content (AvgIpc) is 3.74. The first kappa shape index (κ1) is 29.4. The van der Waals surface area contributed by atoms with Gasteiger partial charge in [-0.25, -0.2) is 0 Å². The minimum atomic E-state index is -0.00825. The molecule has 5 aliphatic rings. The molecule has 4 aliphatic heterocycles. The molecule has 7 heteroatoms.